The van der Waals surface area contributed by atoms with Gasteiger partial charge in [-0.1, -0.05) is 72.1 Å². The molecule has 0 unspecified atom stereocenters. The fraction of sp³-hybridized carbons (Fsp3) is 0. The van der Waals surface area contributed by atoms with Gasteiger partial charge >= 0.3 is 0 Å². The SMILES string of the molecule is [2H]c1c([2H])c([2H])c(-c2cc(Cl)nc(-c3ccccc3)n2)c([2H])c1[2H]. The number of aromatic nitrogens is 2. The number of hydrogen-bond acceptors (Lipinski definition) is 2. The van der Waals surface area contributed by atoms with Crippen molar-refractivity contribution in [3.63, 3.8) is 0 Å². The second-order valence-corrected chi connectivity index (χ2v) is 4.15. The van der Waals surface area contributed by atoms with Gasteiger partial charge in [-0.15, -0.1) is 0 Å². The van der Waals surface area contributed by atoms with E-state index in [2.05, 4.69) is 9.97 Å². The van der Waals surface area contributed by atoms with Gasteiger partial charge in [-0.25, -0.2) is 9.97 Å². The minimum atomic E-state index is -0.447. The highest BCUT2D eigenvalue weighted by Gasteiger charge is 2.06. The highest BCUT2D eigenvalue weighted by molar-refractivity contribution is 6.29. The molecule has 0 saturated heterocycles. The van der Waals surface area contributed by atoms with E-state index in [1.165, 1.54) is 6.07 Å². The van der Waals surface area contributed by atoms with Crippen molar-refractivity contribution >= 4 is 11.6 Å². The number of nitrogens with zero attached hydrogens (tertiary/aromatic N) is 2. The third-order valence-electron chi connectivity index (χ3n) is 2.48. The van der Waals surface area contributed by atoms with Crippen molar-refractivity contribution in [2.24, 2.45) is 0 Å². The van der Waals surface area contributed by atoms with E-state index in [-0.39, 0.29) is 28.5 Å². The Labute approximate surface area is 123 Å². The van der Waals surface area contributed by atoms with Crippen LogP contribution in [0.4, 0.5) is 0 Å². The van der Waals surface area contributed by atoms with E-state index < -0.39 is 18.1 Å². The van der Waals surface area contributed by atoms with E-state index in [0.29, 0.717) is 11.4 Å². The average molecular weight is 272 g/mol. The van der Waals surface area contributed by atoms with Gasteiger partial charge in [-0.2, -0.15) is 0 Å². The number of hydrogen-bond donors (Lipinski definition) is 0. The minimum absolute atomic E-state index is 0.00230. The van der Waals surface area contributed by atoms with Gasteiger partial charge in [0.2, 0.25) is 0 Å². The quantitative estimate of drug-likeness (QED) is 0.643. The Hall–Kier alpha value is -2.19. The number of halogens is 1. The Morgan fingerprint density at radius 1 is 0.895 bits per heavy atom. The zero-order chi connectivity index (χ0) is 17.4. The normalized spacial score (nSPS) is 14.1. The van der Waals surface area contributed by atoms with E-state index in [9.17, 15) is 0 Å². The molecule has 3 rings (SSSR count). The lowest BCUT2D eigenvalue weighted by Gasteiger charge is -2.05. The molecule has 0 spiro atoms. The summed E-state index contributed by atoms with van der Waals surface area (Å²) < 4.78 is 39.3. The Bertz CT molecular complexity index is 902. The van der Waals surface area contributed by atoms with Crippen LogP contribution in [0.3, 0.4) is 0 Å². The lowest BCUT2D eigenvalue weighted by atomic mass is 10.1. The molecule has 0 atom stereocenters. The Morgan fingerprint density at radius 2 is 1.63 bits per heavy atom. The summed E-state index contributed by atoms with van der Waals surface area (Å²) in [6.45, 7) is 0. The smallest absolute Gasteiger partial charge is 0.161 e. The first-order valence-corrected chi connectivity index (χ1v) is 5.95. The number of rotatable bonds is 2. The molecule has 0 aliphatic rings. The summed E-state index contributed by atoms with van der Waals surface area (Å²) in [6, 6.07) is 8.57. The summed E-state index contributed by atoms with van der Waals surface area (Å²) >= 11 is 6.06. The van der Waals surface area contributed by atoms with Gasteiger partial charge < -0.3 is 0 Å². The van der Waals surface area contributed by atoms with Crippen LogP contribution in [0.15, 0.2) is 66.6 Å². The van der Waals surface area contributed by atoms with Crippen LogP contribution in [0.2, 0.25) is 5.15 Å². The van der Waals surface area contributed by atoms with E-state index in [0.717, 1.165) is 0 Å². The van der Waals surface area contributed by atoms with Crippen molar-refractivity contribution in [1.82, 2.24) is 9.97 Å². The maximum Gasteiger partial charge on any atom is 0.161 e. The maximum atomic E-state index is 8.04. The van der Waals surface area contributed by atoms with E-state index in [4.69, 9.17) is 18.5 Å². The van der Waals surface area contributed by atoms with Crippen molar-refractivity contribution < 1.29 is 6.85 Å². The fourth-order valence-corrected chi connectivity index (χ4v) is 1.82. The van der Waals surface area contributed by atoms with Crippen LogP contribution in [0.1, 0.15) is 6.85 Å². The summed E-state index contributed by atoms with van der Waals surface area (Å²) in [5.41, 5.74) is 0.905. The van der Waals surface area contributed by atoms with Crippen molar-refractivity contribution in [1.29, 1.82) is 0 Å². The molecule has 0 N–H and O–H groups in total. The second-order valence-electron chi connectivity index (χ2n) is 3.77. The highest BCUT2D eigenvalue weighted by atomic mass is 35.5. The van der Waals surface area contributed by atoms with Crippen LogP contribution < -0.4 is 0 Å². The molecule has 19 heavy (non-hydrogen) atoms. The molecular formula is C16H11ClN2. The monoisotopic (exact) mass is 271 g/mol. The Kier molecular flexibility index (Phi) is 2.03. The summed E-state index contributed by atoms with van der Waals surface area (Å²) in [5.74, 6) is 0.324. The van der Waals surface area contributed by atoms with Crippen molar-refractivity contribution in [2.45, 2.75) is 0 Å². The van der Waals surface area contributed by atoms with Crippen molar-refractivity contribution in [3.8, 4) is 22.6 Å². The van der Waals surface area contributed by atoms with Crippen LogP contribution in [-0.4, -0.2) is 9.97 Å². The highest BCUT2D eigenvalue weighted by Crippen LogP contribution is 2.23. The first-order chi connectivity index (χ1) is 11.4. The maximum absolute atomic E-state index is 8.04. The van der Waals surface area contributed by atoms with Crippen LogP contribution in [0.5, 0.6) is 0 Å². The van der Waals surface area contributed by atoms with Crippen LogP contribution >= 0.6 is 11.6 Å². The summed E-state index contributed by atoms with van der Waals surface area (Å²) in [5, 5.41) is 0.130. The van der Waals surface area contributed by atoms with Gasteiger partial charge in [-0.3, -0.25) is 0 Å². The molecular weight excluding hydrogens is 256 g/mol. The second kappa shape index (κ2) is 5.21. The van der Waals surface area contributed by atoms with Crippen LogP contribution in [0, 0.1) is 0 Å². The third-order valence-corrected chi connectivity index (χ3v) is 2.68. The predicted molar refractivity (Wildman–Crippen MR) is 77.9 cm³/mol. The summed E-state index contributed by atoms with van der Waals surface area (Å²) in [7, 11) is 0. The molecule has 0 aliphatic carbocycles. The first kappa shape index (κ1) is 7.41. The number of benzene rings is 2. The van der Waals surface area contributed by atoms with Crippen molar-refractivity contribution in [2.75, 3.05) is 0 Å². The topological polar surface area (TPSA) is 25.8 Å². The lowest BCUT2D eigenvalue weighted by molar-refractivity contribution is 1.18. The largest absolute Gasteiger partial charge is 0.228 e. The molecule has 3 heteroatoms. The van der Waals surface area contributed by atoms with Gasteiger partial charge in [0.05, 0.1) is 12.5 Å². The molecule has 0 bridgehead atoms. The average Bonchev–Trinajstić information content (AvgIpc) is 2.59. The van der Waals surface area contributed by atoms with Gasteiger partial charge in [0.1, 0.15) is 5.15 Å². The minimum Gasteiger partial charge on any atom is -0.228 e. The molecule has 92 valence electrons. The molecule has 1 aromatic heterocycles. The molecule has 0 fully saturated rings. The van der Waals surface area contributed by atoms with E-state index in [1.807, 2.05) is 18.2 Å². The van der Waals surface area contributed by atoms with Gasteiger partial charge in [-0.05, 0) is 0 Å². The standard InChI is InChI=1S/C16H11ClN2/c17-15-11-14(12-7-3-1-4-8-12)18-16(19-15)13-9-5-2-6-10-13/h1-11H/i1D,3D,4D,7D,8D. The molecule has 0 amide bonds. The molecule has 1 heterocycles. The molecule has 3 aromatic rings. The zero-order valence-corrected chi connectivity index (χ0v) is 10.5. The van der Waals surface area contributed by atoms with Crippen molar-refractivity contribution in [3.05, 3.63) is 71.8 Å². The lowest BCUT2D eigenvalue weighted by Crippen LogP contribution is -1.92. The van der Waals surface area contributed by atoms with Gasteiger partial charge in [0.25, 0.3) is 0 Å². The van der Waals surface area contributed by atoms with Gasteiger partial charge in [0, 0.05) is 17.2 Å². The molecule has 2 aromatic carbocycles. The third kappa shape index (κ3) is 2.64. The Balaban J connectivity index is 2.27. The first-order valence-electron chi connectivity index (χ1n) is 8.07. The molecule has 2 nitrogen and oxygen atoms in total. The fourth-order valence-electron chi connectivity index (χ4n) is 1.64. The summed E-state index contributed by atoms with van der Waals surface area (Å²) in [4.78, 5) is 8.50. The van der Waals surface area contributed by atoms with Crippen LogP contribution in [0.25, 0.3) is 22.6 Å². The molecule has 0 aliphatic heterocycles. The van der Waals surface area contributed by atoms with E-state index >= 15 is 0 Å². The molecule has 0 radical (unpaired) electrons. The molecule has 0 saturated carbocycles. The predicted octanol–water partition coefficient (Wildman–Crippen LogP) is 4.46. The summed E-state index contributed by atoms with van der Waals surface area (Å²) in [6.07, 6.45) is 0. The van der Waals surface area contributed by atoms with Gasteiger partial charge in [0.15, 0.2) is 5.82 Å². The van der Waals surface area contributed by atoms with Crippen LogP contribution in [-0.2, 0) is 0 Å². The van der Waals surface area contributed by atoms with E-state index in [1.54, 1.807) is 12.1 Å². The zero-order valence-electron chi connectivity index (χ0n) is 14.7. The Morgan fingerprint density at radius 3 is 2.37 bits per heavy atom.